The van der Waals surface area contributed by atoms with Crippen LogP contribution in [0.2, 0.25) is 0 Å². The number of quaternary nitrogens is 2. The number of rotatable bonds is 16. The number of nitrogens with zero attached hydrogens (tertiary/aromatic N) is 2. The topological polar surface area (TPSA) is 80.3 Å². The van der Waals surface area contributed by atoms with Gasteiger partial charge in [0.15, 0.2) is 0 Å². The summed E-state index contributed by atoms with van der Waals surface area (Å²) in [5, 5.41) is 0. The van der Waals surface area contributed by atoms with E-state index in [1.807, 2.05) is 48.6 Å². The molecule has 0 spiro atoms. The van der Waals surface area contributed by atoms with Crippen molar-refractivity contribution in [2.24, 2.45) is 0 Å². The molecule has 0 aromatic rings. The maximum absolute atomic E-state index is 8.52. The van der Waals surface area contributed by atoms with Crippen LogP contribution in [0.1, 0.15) is 0 Å². The Morgan fingerprint density at radius 1 is 0.452 bits per heavy atom. The predicted molar refractivity (Wildman–Crippen MR) is 132 cm³/mol. The van der Waals surface area contributed by atoms with Crippen molar-refractivity contribution in [3.8, 4) is 0 Å². The molecule has 0 aliphatic heterocycles. The average Bonchev–Trinajstić information content (AvgIpc) is 2.63. The summed E-state index contributed by atoms with van der Waals surface area (Å²) < 4.78 is 35.9. The summed E-state index contributed by atoms with van der Waals surface area (Å²) in [5.41, 5.74) is 0. The Hall–Kier alpha value is -2.29. The highest BCUT2D eigenvalue weighted by molar-refractivity contribution is 7.79. The van der Waals surface area contributed by atoms with Gasteiger partial charge in [-0.3, -0.25) is 8.42 Å². The molecule has 0 aliphatic rings. The Kier molecular flexibility index (Phi) is 21.2. The van der Waals surface area contributed by atoms with E-state index < -0.39 is 10.4 Å². The van der Waals surface area contributed by atoms with Gasteiger partial charge in [0.1, 0.15) is 0 Å². The minimum absolute atomic E-state index is 0.903. The van der Waals surface area contributed by atoms with Crippen molar-refractivity contribution in [1.29, 1.82) is 0 Å². The molecular weight excluding hydrogens is 412 g/mol. The van der Waals surface area contributed by atoms with Crippen LogP contribution in [0.15, 0.2) is 101 Å². The Balaban J connectivity index is -0.000000416. The first-order chi connectivity index (χ1) is 14.5. The molecule has 0 aromatic carbocycles. The van der Waals surface area contributed by atoms with Crippen LogP contribution in [-0.4, -0.2) is 78.8 Å². The Morgan fingerprint density at radius 2 is 0.548 bits per heavy atom. The van der Waals surface area contributed by atoms with Gasteiger partial charge in [0, 0.05) is 10.4 Å². The van der Waals surface area contributed by atoms with Gasteiger partial charge in [-0.05, 0) is 48.6 Å². The average molecular weight is 453 g/mol. The van der Waals surface area contributed by atoms with Crippen molar-refractivity contribution in [1.82, 2.24) is 0 Å². The summed E-state index contributed by atoms with van der Waals surface area (Å²) in [6, 6.07) is 0. The van der Waals surface area contributed by atoms with Crippen molar-refractivity contribution in [3.63, 3.8) is 0 Å². The lowest BCUT2D eigenvalue weighted by Crippen LogP contribution is -2.48. The molecule has 31 heavy (non-hydrogen) atoms. The first-order valence-electron chi connectivity index (χ1n) is 9.73. The molecule has 0 amide bonds. The molecule has 0 saturated carbocycles. The fraction of sp³-hybridized carbons (Fsp3) is 0.333. The standard InChI is InChI=1S/2C12H20N.H2O4S/c2*1-5-9-13(10-6-2,11-7-3)12-8-4;1-5(2,3)4/h2*5-8H,1-4,9-12H2;(H2,1,2,3,4)/q2*+1;/p-2. The molecular formula is C24H40N2O4S. The molecule has 6 nitrogen and oxygen atoms in total. The minimum atomic E-state index is -5.17. The first-order valence-corrected chi connectivity index (χ1v) is 11.1. The lowest BCUT2D eigenvalue weighted by Gasteiger charge is -2.35. The van der Waals surface area contributed by atoms with Gasteiger partial charge in [0.2, 0.25) is 0 Å². The molecule has 0 aliphatic carbocycles. The molecule has 0 rings (SSSR count). The Labute approximate surface area is 190 Å². The Morgan fingerprint density at radius 3 is 0.613 bits per heavy atom. The lowest BCUT2D eigenvalue weighted by molar-refractivity contribution is -0.906. The summed E-state index contributed by atoms with van der Waals surface area (Å²) in [7, 11) is -5.17. The molecule has 0 fully saturated rings. The minimum Gasteiger partial charge on any atom is -0.759 e. The fourth-order valence-electron chi connectivity index (χ4n) is 3.09. The Bertz CT molecular complexity index is 539. The largest absolute Gasteiger partial charge is 0.759 e. The third-order valence-corrected chi connectivity index (χ3v) is 4.13. The molecule has 0 heterocycles. The summed E-state index contributed by atoms with van der Waals surface area (Å²) >= 11 is 0. The zero-order valence-corrected chi connectivity index (χ0v) is 19.7. The number of hydrogen-bond donors (Lipinski definition) is 0. The third-order valence-electron chi connectivity index (χ3n) is 4.13. The quantitative estimate of drug-likeness (QED) is 0.155. The maximum Gasteiger partial charge on any atom is 0.0978 e. The van der Waals surface area contributed by atoms with Crippen LogP contribution < -0.4 is 0 Å². The van der Waals surface area contributed by atoms with Crippen LogP contribution in [0.4, 0.5) is 0 Å². The number of hydrogen-bond acceptors (Lipinski definition) is 4. The molecule has 0 saturated heterocycles. The van der Waals surface area contributed by atoms with Gasteiger partial charge >= 0.3 is 0 Å². The molecule has 0 unspecified atom stereocenters. The van der Waals surface area contributed by atoms with Crippen LogP contribution in [-0.2, 0) is 10.4 Å². The van der Waals surface area contributed by atoms with E-state index in [-0.39, 0.29) is 0 Å². The van der Waals surface area contributed by atoms with Crippen molar-refractivity contribution in [2.75, 3.05) is 52.4 Å². The van der Waals surface area contributed by atoms with Crippen molar-refractivity contribution >= 4 is 10.4 Å². The van der Waals surface area contributed by atoms with E-state index in [0.717, 1.165) is 61.3 Å². The SMILES string of the molecule is C=CC[N+](CC=C)(CC=C)CC=C.C=CC[N+](CC=C)(CC=C)CC=C.O=S(=O)([O-])[O-]. The van der Waals surface area contributed by atoms with Crippen molar-refractivity contribution in [2.45, 2.75) is 0 Å². The third kappa shape index (κ3) is 20.8. The van der Waals surface area contributed by atoms with Crippen LogP contribution in [0.25, 0.3) is 0 Å². The van der Waals surface area contributed by atoms with E-state index in [1.54, 1.807) is 0 Å². The van der Waals surface area contributed by atoms with Gasteiger partial charge in [-0.15, -0.1) is 0 Å². The zero-order chi connectivity index (χ0) is 24.8. The zero-order valence-electron chi connectivity index (χ0n) is 18.9. The van der Waals surface area contributed by atoms with Gasteiger partial charge < -0.3 is 18.1 Å². The van der Waals surface area contributed by atoms with Gasteiger partial charge in [-0.1, -0.05) is 52.6 Å². The summed E-state index contributed by atoms with van der Waals surface area (Å²) in [4.78, 5) is 0. The maximum atomic E-state index is 8.52. The van der Waals surface area contributed by atoms with Crippen molar-refractivity contribution < 1.29 is 26.5 Å². The monoisotopic (exact) mass is 452 g/mol. The van der Waals surface area contributed by atoms with Gasteiger partial charge in [-0.25, -0.2) is 0 Å². The second-order valence-electron chi connectivity index (χ2n) is 6.86. The fourth-order valence-corrected chi connectivity index (χ4v) is 3.09. The van der Waals surface area contributed by atoms with E-state index in [1.165, 1.54) is 0 Å². The second kappa shape index (κ2) is 19.7. The second-order valence-corrected chi connectivity index (χ2v) is 7.68. The summed E-state index contributed by atoms with van der Waals surface area (Å²) in [6.07, 6.45) is 15.5. The van der Waals surface area contributed by atoms with Crippen LogP contribution in [0.3, 0.4) is 0 Å². The lowest BCUT2D eigenvalue weighted by atomic mass is 10.3. The summed E-state index contributed by atoms with van der Waals surface area (Å²) in [6.45, 7) is 37.7. The van der Waals surface area contributed by atoms with E-state index in [2.05, 4.69) is 52.6 Å². The van der Waals surface area contributed by atoms with Gasteiger partial charge in [0.05, 0.1) is 52.4 Å². The molecule has 176 valence electrons. The van der Waals surface area contributed by atoms with E-state index in [4.69, 9.17) is 17.5 Å². The highest BCUT2D eigenvalue weighted by Gasteiger charge is 2.21. The highest BCUT2D eigenvalue weighted by Crippen LogP contribution is 2.08. The van der Waals surface area contributed by atoms with E-state index in [0.29, 0.717) is 0 Å². The van der Waals surface area contributed by atoms with Gasteiger partial charge in [0.25, 0.3) is 0 Å². The molecule has 0 bridgehead atoms. The van der Waals surface area contributed by atoms with E-state index in [9.17, 15) is 0 Å². The van der Waals surface area contributed by atoms with Crippen LogP contribution in [0, 0.1) is 0 Å². The van der Waals surface area contributed by atoms with E-state index >= 15 is 0 Å². The van der Waals surface area contributed by atoms with Gasteiger partial charge in [-0.2, -0.15) is 0 Å². The first kappa shape index (κ1) is 33.4. The summed E-state index contributed by atoms with van der Waals surface area (Å²) in [5.74, 6) is 0. The highest BCUT2D eigenvalue weighted by atomic mass is 32.3. The smallest absolute Gasteiger partial charge is 0.0978 e. The van der Waals surface area contributed by atoms with Crippen LogP contribution in [0.5, 0.6) is 0 Å². The molecule has 0 atom stereocenters. The predicted octanol–water partition coefficient (Wildman–Crippen LogP) is 3.76. The molecule has 0 aromatic heterocycles. The molecule has 0 radical (unpaired) electrons. The van der Waals surface area contributed by atoms with Crippen LogP contribution >= 0.6 is 0 Å². The van der Waals surface area contributed by atoms with Crippen molar-refractivity contribution in [3.05, 3.63) is 101 Å². The molecule has 0 N–H and O–H groups in total. The molecule has 7 heteroatoms. The normalized spacial score (nSPS) is 10.6.